The number of benzene rings is 2. The summed E-state index contributed by atoms with van der Waals surface area (Å²) >= 11 is 1.31. The largest absolute Gasteiger partial charge is 0.451 e. The van der Waals surface area contributed by atoms with Crippen LogP contribution in [-0.2, 0) is 4.79 Å². The first-order valence-electron chi connectivity index (χ1n) is 8.25. The Morgan fingerprint density at radius 3 is 2.56 bits per heavy atom. The fourth-order valence-electron chi connectivity index (χ4n) is 2.70. The number of para-hydroxylation sites is 1. The van der Waals surface area contributed by atoms with Crippen molar-refractivity contribution in [2.75, 3.05) is 5.32 Å². The fraction of sp³-hybridized carbons (Fsp3) is 0.0500. The van der Waals surface area contributed by atoms with Gasteiger partial charge in [0.05, 0.1) is 0 Å². The summed E-state index contributed by atoms with van der Waals surface area (Å²) in [4.78, 5) is 29.5. The number of anilines is 1. The third-order valence-corrected chi connectivity index (χ3v) is 4.67. The minimum absolute atomic E-state index is 0.152. The molecule has 27 heavy (non-hydrogen) atoms. The second kappa shape index (κ2) is 7.43. The van der Waals surface area contributed by atoms with Crippen molar-refractivity contribution in [3.8, 4) is 0 Å². The number of hydrogen-bond acceptors (Lipinski definition) is 5. The van der Waals surface area contributed by atoms with Crippen molar-refractivity contribution < 1.29 is 14.0 Å². The zero-order valence-electron chi connectivity index (χ0n) is 14.1. The first-order valence-corrected chi connectivity index (χ1v) is 9.13. The third-order valence-electron chi connectivity index (χ3n) is 3.98. The van der Waals surface area contributed by atoms with Crippen LogP contribution in [0.25, 0.3) is 11.0 Å². The number of thiazole rings is 1. The van der Waals surface area contributed by atoms with E-state index in [1.807, 2.05) is 36.4 Å². The molecule has 0 unspecified atom stereocenters. The van der Waals surface area contributed by atoms with Gasteiger partial charge < -0.3 is 9.73 Å². The van der Waals surface area contributed by atoms with Gasteiger partial charge in [0.2, 0.25) is 0 Å². The summed E-state index contributed by atoms with van der Waals surface area (Å²) in [5, 5.41) is 8.54. The van der Waals surface area contributed by atoms with E-state index in [-0.39, 0.29) is 11.7 Å². The number of amides is 2. The lowest BCUT2D eigenvalue weighted by molar-refractivity contribution is -0.118. The lowest BCUT2D eigenvalue weighted by Crippen LogP contribution is -2.36. The maximum atomic E-state index is 12.8. The normalized spacial score (nSPS) is 11.9. The lowest BCUT2D eigenvalue weighted by Gasteiger charge is -2.17. The molecule has 4 aromatic rings. The van der Waals surface area contributed by atoms with Gasteiger partial charge in [-0.15, -0.1) is 11.3 Å². The molecule has 6 nitrogen and oxygen atoms in total. The van der Waals surface area contributed by atoms with Crippen LogP contribution in [0.3, 0.4) is 0 Å². The molecule has 2 aromatic heterocycles. The van der Waals surface area contributed by atoms with Gasteiger partial charge in [-0.1, -0.05) is 48.5 Å². The molecule has 0 aliphatic carbocycles. The van der Waals surface area contributed by atoms with Gasteiger partial charge >= 0.3 is 0 Å². The molecule has 1 atom stereocenters. The van der Waals surface area contributed by atoms with E-state index in [0.29, 0.717) is 16.3 Å². The summed E-state index contributed by atoms with van der Waals surface area (Å²) in [5.41, 5.74) is 1.28. The number of rotatable bonds is 5. The number of carbonyl (C=O) groups excluding carboxylic acids is 2. The maximum absolute atomic E-state index is 12.8. The lowest BCUT2D eigenvalue weighted by atomic mass is 10.1. The van der Waals surface area contributed by atoms with Gasteiger partial charge in [0.1, 0.15) is 11.6 Å². The summed E-state index contributed by atoms with van der Waals surface area (Å²) in [6, 6.07) is 17.2. The Morgan fingerprint density at radius 1 is 1.04 bits per heavy atom. The quantitative estimate of drug-likeness (QED) is 0.551. The zero-order valence-corrected chi connectivity index (χ0v) is 14.9. The van der Waals surface area contributed by atoms with Crippen LogP contribution in [0.4, 0.5) is 5.13 Å². The maximum Gasteiger partial charge on any atom is 0.287 e. The van der Waals surface area contributed by atoms with Gasteiger partial charge in [0.15, 0.2) is 10.9 Å². The van der Waals surface area contributed by atoms with Crippen molar-refractivity contribution >= 4 is 39.3 Å². The van der Waals surface area contributed by atoms with Crippen molar-refractivity contribution in [1.29, 1.82) is 0 Å². The Balaban J connectivity index is 1.60. The predicted molar refractivity (Wildman–Crippen MR) is 104 cm³/mol. The molecular weight excluding hydrogens is 362 g/mol. The molecule has 7 heteroatoms. The second-order valence-electron chi connectivity index (χ2n) is 5.79. The second-order valence-corrected chi connectivity index (χ2v) is 6.69. The summed E-state index contributed by atoms with van der Waals surface area (Å²) in [6.07, 6.45) is 1.60. The van der Waals surface area contributed by atoms with E-state index in [9.17, 15) is 9.59 Å². The third kappa shape index (κ3) is 3.73. The van der Waals surface area contributed by atoms with Crippen molar-refractivity contribution in [3.05, 3.63) is 83.6 Å². The van der Waals surface area contributed by atoms with Crippen LogP contribution in [0.2, 0.25) is 0 Å². The van der Waals surface area contributed by atoms with E-state index in [2.05, 4.69) is 15.6 Å². The highest BCUT2D eigenvalue weighted by molar-refractivity contribution is 7.13. The number of nitrogens with zero attached hydrogens (tertiary/aromatic N) is 1. The summed E-state index contributed by atoms with van der Waals surface area (Å²) in [7, 11) is 0. The minimum atomic E-state index is -0.879. The summed E-state index contributed by atoms with van der Waals surface area (Å²) in [6.45, 7) is 0. The van der Waals surface area contributed by atoms with E-state index in [4.69, 9.17) is 4.42 Å². The molecule has 2 amide bonds. The van der Waals surface area contributed by atoms with Crippen LogP contribution in [0, 0.1) is 0 Å². The fourth-order valence-corrected chi connectivity index (χ4v) is 3.24. The van der Waals surface area contributed by atoms with E-state index < -0.39 is 11.9 Å². The molecule has 0 aliphatic rings. The van der Waals surface area contributed by atoms with Crippen molar-refractivity contribution in [3.63, 3.8) is 0 Å². The van der Waals surface area contributed by atoms with Crippen LogP contribution in [-0.4, -0.2) is 16.8 Å². The molecule has 0 spiro atoms. The Hall–Kier alpha value is -3.45. The average Bonchev–Trinajstić information content (AvgIpc) is 3.36. The molecule has 2 aromatic carbocycles. The Morgan fingerprint density at radius 2 is 1.81 bits per heavy atom. The molecular formula is C20H15N3O3S. The summed E-state index contributed by atoms with van der Waals surface area (Å²) in [5.74, 6) is -0.686. The van der Waals surface area contributed by atoms with Gasteiger partial charge in [-0.05, 0) is 17.7 Å². The van der Waals surface area contributed by atoms with Crippen molar-refractivity contribution in [2.24, 2.45) is 0 Å². The molecule has 2 heterocycles. The molecule has 4 rings (SSSR count). The number of hydrogen-bond donors (Lipinski definition) is 2. The van der Waals surface area contributed by atoms with Gasteiger partial charge in [-0.25, -0.2) is 4.98 Å². The molecule has 0 bridgehead atoms. The van der Waals surface area contributed by atoms with Crippen LogP contribution in [0.5, 0.6) is 0 Å². The molecule has 2 N–H and O–H groups in total. The number of carbonyl (C=O) groups is 2. The molecule has 0 radical (unpaired) electrons. The van der Waals surface area contributed by atoms with Crippen LogP contribution < -0.4 is 10.6 Å². The molecule has 0 aliphatic heterocycles. The highest BCUT2D eigenvalue weighted by Crippen LogP contribution is 2.21. The topological polar surface area (TPSA) is 84.2 Å². The minimum Gasteiger partial charge on any atom is -0.451 e. The number of fused-ring (bicyclic) bond motifs is 1. The van der Waals surface area contributed by atoms with Gasteiger partial charge in [-0.3, -0.25) is 14.9 Å². The number of nitrogens with one attached hydrogen (secondary N) is 2. The summed E-state index contributed by atoms with van der Waals surface area (Å²) < 4.78 is 5.60. The van der Waals surface area contributed by atoms with Gasteiger partial charge in [0.25, 0.3) is 11.8 Å². The monoisotopic (exact) mass is 377 g/mol. The zero-order chi connectivity index (χ0) is 18.6. The molecule has 134 valence electrons. The van der Waals surface area contributed by atoms with Crippen LogP contribution in [0.1, 0.15) is 22.2 Å². The number of furan rings is 1. The average molecular weight is 377 g/mol. The SMILES string of the molecule is O=C(N[C@H](C(=O)Nc1nccs1)c1ccccc1)c1cc2ccccc2o1. The van der Waals surface area contributed by atoms with Crippen LogP contribution >= 0.6 is 11.3 Å². The first-order chi connectivity index (χ1) is 13.2. The van der Waals surface area contributed by atoms with Gasteiger partial charge in [-0.2, -0.15) is 0 Å². The smallest absolute Gasteiger partial charge is 0.287 e. The van der Waals surface area contributed by atoms with E-state index in [1.54, 1.807) is 35.8 Å². The van der Waals surface area contributed by atoms with Crippen molar-refractivity contribution in [1.82, 2.24) is 10.3 Å². The van der Waals surface area contributed by atoms with E-state index >= 15 is 0 Å². The molecule has 0 fully saturated rings. The molecule has 0 saturated carbocycles. The number of aromatic nitrogens is 1. The Bertz CT molecular complexity index is 1040. The van der Waals surface area contributed by atoms with Crippen LogP contribution in [0.15, 0.2) is 76.7 Å². The van der Waals surface area contributed by atoms with E-state index in [1.165, 1.54) is 11.3 Å². The highest BCUT2D eigenvalue weighted by Gasteiger charge is 2.25. The van der Waals surface area contributed by atoms with Gasteiger partial charge in [0, 0.05) is 17.0 Å². The predicted octanol–water partition coefficient (Wildman–Crippen LogP) is 4.00. The van der Waals surface area contributed by atoms with E-state index in [0.717, 1.165) is 5.39 Å². The molecule has 0 saturated heterocycles. The first kappa shape index (κ1) is 17.0. The highest BCUT2D eigenvalue weighted by atomic mass is 32.1. The standard InChI is InChI=1S/C20H15N3O3S/c24-18(16-12-14-8-4-5-9-15(14)26-16)22-17(13-6-2-1-3-7-13)19(25)23-20-21-10-11-27-20/h1-12,17H,(H,22,24)(H,21,23,25)/t17-/m0/s1. The Kier molecular flexibility index (Phi) is 4.67. The Labute approximate surface area is 158 Å². The van der Waals surface area contributed by atoms with Crippen molar-refractivity contribution in [2.45, 2.75) is 6.04 Å².